The van der Waals surface area contributed by atoms with Gasteiger partial charge in [0.1, 0.15) is 11.5 Å². The fraction of sp³-hybridized carbons (Fsp3) is 0.647. The van der Waals surface area contributed by atoms with E-state index in [0.717, 1.165) is 36.8 Å². The van der Waals surface area contributed by atoms with Gasteiger partial charge in [-0.25, -0.2) is 0 Å². The largest absolute Gasteiger partial charge is 0.508 e. The van der Waals surface area contributed by atoms with E-state index in [-0.39, 0.29) is 16.9 Å². The zero-order valence-corrected chi connectivity index (χ0v) is 36.8. The van der Waals surface area contributed by atoms with Crippen LogP contribution in [0.4, 0.5) is 0 Å². The smallest absolute Gasteiger partial charge is 0.303 e. The number of phenolic OH excluding ortho intramolecular Hbond substituents is 2. The third-order valence-corrected chi connectivity index (χ3v) is 10.5. The topological polar surface area (TPSA) is 115 Å². The van der Waals surface area contributed by atoms with Crippen molar-refractivity contribution < 1.29 is 30.0 Å². The molecule has 0 aliphatic rings. The lowest BCUT2D eigenvalue weighted by Crippen LogP contribution is -2.18. The molecule has 57 heavy (non-hydrogen) atoms. The van der Waals surface area contributed by atoms with E-state index in [1.807, 2.05) is 24.3 Å². The number of carboxylic acids is 2. The number of aromatic hydroxyl groups is 2. The first kappa shape index (κ1) is 53.5. The van der Waals surface area contributed by atoms with Crippen LogP contribution in [0, 0.1) is 0 Å². The first-order valence-corrected chi connectivity index (χ1v) is 22.9. The van der Waals surface area contributed by atoms with Gasteiger partial charge >= 0.3 is 11.9 Å². The number of hydrogen-bond acceptors (Lipinski definition) is 4. The molecule has 0 saturated carbocycles. The van der Waals surface area contributed by atoms with Gasteiger partial charge in [0, 0.05) is 18.3 Å². The number of benzene rings is 2. The maximum atomic E-state index is 10.3. The van der Waals surface area contributed by atoms with Crippen LogP contribution in [0.5, 0.6) is 11.5 Å². The highest BCUT2D eigenvalue weighted by atomic mass is 16.4. The molecule has 0 saturated heterocycles. The summed E-state index contributed by atoms with van der Waals surface area (Å²) in [5, 5.41) is 35.6. The van der Waals surface area contributed by atoms with Crippen molar-refractivity contribution in [1.82, 2.24) is 0 Å². The van der Waals surface area contributed by atoms with Crippen molar-refractivity contribution >= 4 is 11.9 Å². The summed E-state index contributed by atoms with van der Waals surface area (Å²) in [6, 6.07) is 14.4. The van der Waals surface area contributed by atoms with Crippen LogP contribution < -0.4 is 0 Å². The van der Waals surface area contributed by atoms with Crippen LogP contribution in [0.25, 0.3) is 0 Å². The van der Waals surface area contributed by atoms with E-state index >= 15 is 0 Å². The van der Waals surface area contributed by atoms with Gasteiger partial charge in [-0.15, -0.1) is 0 Å². The van der Waals surface area contributed by atoms with Crippen molar-refractivity contribution in [2.45, 2.75) is 213 Å². The maximum Gasteiger partial charge on any atom is 0.303 e. The number of carboxylic acid groups (broad SMARTS) is 2. The molecule has 0 heterocycles. The fourth-order valence-corrected chi connectivity index (χ4v) is 6.62. The van der Waals surface area contributed by atoms with Gasteiger partial charge in [-0.05, 0) is 99.6 Å². The van der Waals surface area contributed by atoms with Crippen LogP contribution in [0.2, 0.25) is 0 Å². The van der Waals surface area contributed by atoms with E-state index < -0.39 is 11.9 Å². The Morgan fingerprint density at radius 2 is 0.667 bits per heavy atom. The Balaban J connectivity index is 0.000000827. The summed E-state index contributed by atoms with van der Waals surface area (Å²) in [5.41, 5.74) is 2.10. The van der Waals surface area contributed by atoms with Gasteiger partial charge in [-0.2, -0.15) is 0 Å². The molecule has 4 N–H and O–H groups in total. The molecule has 0 atom stereocenters. The summed E-state index contributed by atoms with van der Waals surface area (Å²) < 4.78 is 0. The van der Waals surface area contributed by atoms with Crippen LogP contribution in [-0.2, 0) is 15.0 Å². The molecule has 2 aromatic rings. The van der Waals surface area contributed by atoms with Crippen LogP contribution in [0.3, 0.4) is 0 Å². The molecular weight excluding hydrogens is 709 g/mol. The van der Waals surface area contributed by atoms with Crippen molar-refractivity contribution in [1.29, 1.82) is 0 Å². The first-order valence-electron chi connectivity index (χ1n) is 22.9. The molecule has 0 aliphatic carbocycles. The van der Waals surface area contributed by atoms with Crippen molar-refractivity contribution in [2.75, 3.05) is 0 Å². The number of carbonyl (C=O) groups is 2. The highest BCUT2D eigenvalue weighted by Gasteiger charge is 2.22. The van der Waals surface area contributed by atoms with E-state index in [1.165, 1.54) is 141 Å². The molecule has 0 amide bonds. The number of rotatable bonds is 32. The summed E-state index contributed by atoms with van der Waals surface area (Å²) in [4.78, 5) is 20.6. The van der Waals surface area contributed by atoms with Gasteiger partial charge in [-0.3, -0.25) is 9.59 Å². The lowest BCUT2D eigenvalue weighted by molar-refractivity contribution is -0.138. The molecule has 0 fully saturated rings. The van der Waals surface area contributed by atoms with Gasteiger partial charge in [0.05, 0.1) is 0 Å². The second-order valence-electron chi connectivity index (χ2n) is 16.2. The second-order valence-corrected chi connectivity index (χ2v) is 16.2. The number of allylic oxidation sites excluding steroid dienone is 4. The minimum absolute atomic E-state index is 0.151. The molecule has 0 aromatic heterocycles. The number of hydrogen-bond donors (Lipinski definition) is 4. The maximum absolute atomic E-state index is 10.3. The summed E-state index contributed by atoms with van der Waals surface area (Å²) in [7, 11) is 0. The third kappa shape index (κ3) is 34.2. The van der Waals surface area contributed by atoms with E-state index in [1.54, 1.807) is 24.3 Å². The summed E-state index contributed by atoms with van der Waals surface area (Å²) in [5.74, 6) is -0.782. The Morgan fingerprint density at radius 3 is 0.930 bits per heavy atom. The minimum atomic E-state index is -0.664. The summed E-state index contributed by atoms with van der Waals surface area (Å²) in [6.45, 7) is 8.75. The van der Waals surface area contributed by atoms with Crippen molar-refractivity contribution in [3.8, 4) is 11.5 Å². The second kappa shape index (κ2) is 38.0. The Morgan fingerprint density at radius 1 is 0.421 bits per heavy atom. The third-order valence-electron chi connectivity index (χ3n) is 10.5. The predicted molar refractivity (Wildman–Crippen MR) is 243 cm³/mol. The highest BCUT2D eigenvalue weighted by Crippen LogP contribution is 2.33. The Kier molecular flexibility index (Phi) is 35.6. The molecule has 324 valence electrons. The Labute approximate surface area is 349 Å². The van der Waals surface area contributed by atoms with Gasteiger partial charge in [0.15, 0.2) is 0 Å². The van der Waals surface area contributed by atoms with Crippen LogP contribution in [0.1, 0.15) is 219 Å². The summed E-state index contributed by atoms with van der Waals surface area (Å²) >= 11 is 0. The molecule has 0 aliphatic heterocycles. The van der Waals surface area contributed by atoms with E-state index in [9.17, 15) is 19.8 Å². The average Bonchev–Trinajstić information content (AvgIpc) is 3.18. The molecule has 6 nitrogen and oxygen atoms in total. The van der Waals surface area contributed by atoms with E-state index in [0.29, 0.717) is 12.8 Å². The zero-order chi connectivity index (χ0) is 42.2. The number of unbranched alkanes of at least 4 members (excludes halogenated alkanes) is 22. The molecule has 0 spiro atoms. The lowest BCUT2D eigenvalue weighted by atomic mass is 9.78. The number of aliphatic carboxylic acids is 2. The SMILES string of the molecule is CC(C)(c1ccc(O)cc1)c1ccc(O)cc1.CCCCCCCC/C=C\CCCCCCCC(=O)O.CCCCCCCC/C=C\CCCCCCCC(=O)O. The fourth-order valence-electron chi connectivity index (χ4n) is 6.62. The molecule has 0 radical (unpaired) electrons. The normalized spacial score (nSPS) is 11.3. The minimum Gasteiger partial charge on any atom is -0.508 e. The molecule has 6 heteroatoms. The zero-order valence-electron chi connectivity index (χ0n) is 36.8. The van der Waals surface area contributed by atoms with Gasteiger partial charge in [-0.1, -0.05) is 179 Å². The predicted octanol–water partition coefficient (Wildman–Crippen LogP) is 15.6. The van der Waals surface area contributed by atoms with Gasteiger partial charge < -0.3 is 20.4 Å². The van der Waals surface area contributed by atoms with Crippen LogP contribution >= 0.6 is 0 Å². The highest BCUT2D eigenvalue weighted by molar-refractivity contribution is 5.66. The molecule has 2 aromatic carbocycles. The average molecular weight is 793 g/mol. The summed E-state index contributed by atoms with van der Waals surface area (Å²) in [6.07, 6.45) is 42.5. The number of phenols is 2. The molecule has 0 bridgehead atoms. The Bertz CT molecular complexity index is 1160. The van der Waals surface area contributed by atoms with Gasteiger partial charge in [0.25, 0.3) is 0 Å². The van der Waals surface area contributed by atoms with Gasteiger partial charge in [0.2, 0.25) is 0 Å². The monoisotopic (exact) mass is 793 g/mol. The Hall–Kier alpha value is -3.54. The van der Waals surface area contributed by atoms with Crippen molar-refractivity contribution in [3.63, 3.8) is 0 Å². The van der Waals surface area contributed by atoms with Crippen LogP contribution in [0.15, 0.2) is 72.8 Å². The van der Waals surface area contributed by atoms with E-state index in [2.05, 4.69) is 52.0 Å². The standard InChI is InChI=1S/2C18H34O2.C15H16O2/c2*1-2-3-4-5-6-7-8-9-10-11-12-13-14-15-16-17-18(19)20;1-15(2,11-3-7-13(16)8-4-11)12-5-9-14(17)10-6-12/h2*9-10H,2-8,11-17H2,1H3,(H,19,20);3-10,16-17H,1-2H3/b2*10-9-;. The molecule has 0 unspecified atom stereocenters. The van der Waals surface area contributed by atoms with Crippen LogP contribution in [-0.4, -0.2) is 32.4 Å². The van der Waals surface area contributed by atoms with Crippen molar-refractivity contribution in [2.24, 2.45) is 0 Å². The lowest BCUT2D eigenvalue weighted by Gasteiger charge is -2.26. The van der Waals surface area contributed by atoms with E-state index in [4.69, 9.17) is 10.2 Å². The quantitative estimate of drug-likeness (QED) is 0.0433. The molecule has 2 rings (SSSR count). The molecular formula is C51H84O6. The van der Waals surface area contributed by atoms with Crippen molar-refractivity contribution in [3.05, 3.63) is 84.0 Å². The first-order chi connectivity index (χ1) is 27.5.